The molecule has 1 saturated heterocycles. The maximum absolute atomic E-state index is 12.0. The van der Waals surface area contributed by atoms with Gasteiger partial charge in [-0.2, -0.15) is 0 Å². The molecule has 1 aliphatic carbocycles. The third kappa shape index (κ3) is 7.89. The monoisotopic (exact) mass is 546 g/mol. The smallest absolute Gasteiger partial charge is 0.236 e. The number of guanidine groups is 1. The third-order valence-electron chi connectivity index (χ3n) is 6.29. The van der Waals surface area contributed by atoms with Gasteiger partial charge in [0, 0.05) is 46.3 Å². The molecule has 1 aromatic heterocycles. The number of rotatable bonds is 6. The van der Waals surface area contributed by atoms with E-state index in [4.69, 9.17) is 4.99 Å². The summed E-state index contributed by atoms with van der Waals surface area (Å²) in [7, 11) is 5.61. The molecule has 1 aliphatic heterocycles. The standard InChI is InChI=1S/C21H38N8O.HI/c1-16-25-26-19(28(16)4)14-22-21(23-17-8-6-5-7-9-17)24-18-10-12-29(13-11-18)15-20(30)27(2)3;/h17-18H,5-15H2,1-4H3,(H2,22,23,24);1H. The Morgan fingerprint density at radius 3 is 2.23 bits per heavy atom. The Hall–Kier alpha value is -1.43. The summed E-state index contributed by atoms with van der Waals surface area (Å²) in [6.45, 7) is 4.82. The molecule has 176 valence electrons. The molecule has 0 unspecified atom stereocenters. The predicted molar refractivity (Wildman–Crippen MR) is 134 cm³/mol. The molecule has 1 aromatic rings. The number of halogens is 1. The van der Waals surface area contributed by atoms with Gasteiger partial charge in [0.05, 0.1) is 6.54 Å². The number of aliphatic imine (C=N–C) groups is 1. The van der Waals surface area contributed by atoms with Crippen LogP contribution in [0.5, 0.6) is 0 Å². The van der Waals surface area contributed by atoms with Crippen LogP contribution in [0.25, 0.3) is 0 Å². The van der Waals surface area contributed by atoms with Gasteiger partial charge >= 0.3 is 0 Å². The topological polar surface area (TPSA) is 90.7 Å². The highest BCUT2D eigenvalue weighted by molar-refractivity contribution is 14.0. The van der Waals surface area contributed by atoms with E-state index in [1.165, 1.54) is 32.1 Å². The summed E-state index contributed by atoms with van der Waals surface area (Å²) >= 11 is 0. The number of nitrogens with zero attached hydrogens (tertiary/aromatic N) is 6. The largest absolute Gasteiger partial charge is 0.354 e. The molecule has 1 amide bonds. The first-order valence-electron chi connectivity index (χ1n) is 11.3. The average Bonchev–Trinajstić information content (AvgIpc) is 3.06. The first-order chi connectivity index (χ1) is 14.4. The zero-order valence-corrected chi connectivity index (χ0v) is 21.8. The maximum Gasteiger partial charge on any atom is 0.236 e. The number of carbonyl (C=O) groups excluding carboxylic acids is 1. The van der Waals surface area contributed by atoms with Gasteiger partial charge in [-0.15, -0.1) is 34.2 Å². The van der Waals surface area contributed by atoms with Crippen molar-refractivity contribution in [3.8, 4) is 0 Å². The number of hydrogen-bond donors (Lipinski definition) is 2. The first-order valence-corrected chi connectivity index (χ1v) is 11.3. The van der Waals surface area contributed by atoms with Gasteiger partial charge in [0.25, 0.3) is 0 Å². The van der Waals surface area contributed by atoms with Gasteiger partial charge in [-0.25, -0.2) is 4.99 Å². The highest BCUT2D eigenvalue weighted by Gasteiger charge is 2.23. The van der Waals surface area contributed by atoms with Crippen molar-refractivity contribution in [1.29, 1.82) is 0 Å². The quantitative estimate of drug-likeness (QED) is 0.321. The summed E-state index contributed by atoms with van der Waals surface area (Å²) < 4.78 is 1.99. The molecule has 31 heavy (non-hydrogen) atoms. The Labute approximate surface area is 203 Å². The Bertz CT molecular complexity index is 721. The molecule has 0 aromatic carbocycles. The number of aromatic nitrogens is 3. The van der Waals surface area contributed by atoms with E-state index in [1.807, 2.05) is 32.6 Å². The summed E-state index contributed by atoms with van der Waals surface area (Å²) in [4.78, 5) is 20.7. The Morgan fingerprint density at radius 1 is 1.06 bits per heavy atom. The van der Waals surface area contributed by atoms with E-state index >= 15 is 0 Å². The van der Waals surface area contributed by atoms with E-state index in [0.717, 1.165) is 43.5 Å². The second-order valence-electron chi connectivity index (χ2n) is 8.85. The summed E-state index contributed by atoms with van der Waals surface area (Å²) in [5.74, 6) is 2.82. The van der Waals surface area contributed by atoms with Crippen molar-refractivity contribution in [2.45, 2.75) is 70.5 Å². The number of piperidine rings is 1. The van der Waals surface area contributed by atoms with E-state index in [9.17, 15) is 4.79 Å². The second kappa shape index (κ2) is 12.6. The van der Waals surface area contributed by atoms with Crippen molar-refractivity contribution in [3.05, 3.63) is 11.6 Å². The minimum Gasteiger partial charge on any atom is -0.354 e. The van der Waals surface area contributed by atoms with E-state index in [1.54, 1.807) is 4.90 Å². The molecule has 9 nitrogen and oxygen atoms in total. The number of carbonyl (C=O) groups is 1. The number of amides is 1. The van der Waals surface area contributed by atoms with Crippen molar-refractivity contribution in [2.24, 2.45) is 12.0 Å². The molecule has 0 radical (unpaired) electrons. The molecule has 0 spiro atoms. The van der Waals surface area contributed by atoms with Crippen LogP contribution in [0.2, 0.25) is 0 Å². The molecular weight excluding hydrogens is 507 g/mol. The number of likely N-dealkylation sites (N-methyl/N-ethyl adjacent to an activating group) is 1. The van der Waals surface area contributed by atoms with Crippen LogP contribution in [0.1, 0.15) is 56.6 Å². The van der Waals surface area contributed by atoms with Crippen LogP contribution in [0.3, 0.4) is 0 Å². The minimum atomic E-state index is 0. The molecule has 3 rings (SSSR count). The third-order valence-corrected chi connectivity index (χ3v) is 6.29. The second-order valence-corrected chi connectivity index (χ2v) is 8.85. The van der Waals surface area contributed by atoms with Crippen LogP contribution in [-0.4, -0.2) is 82.2 Å². The number of likely N-dealkylation sites (tertiary alicyclic amines) is 1. The Kier molecular flexibility index (Phi) is 10.5. The van der Waals surface area contributed by atoms with Crippen LogP contribution in [0, 0.1) is 6.92 Å². The lowest BCUT2D eigenvalue weighted by molar-refractivity contribution is -0.130. The molecule has 0 bridgehead atoms. The zero-order chi connectivity index (χ0) is 21.5. The Balaban J connectivity index is 0.00000341. The molecule has 1 saturated carbocycles. The van der Waals surface area contributed by atoms with E-state index in [0.29, 0.717) is 25.2 Å². The normalized spacial score (nSPS) is 19.0. The van der Waals surface area contributed by atoms with Crippen LogP contribution < -0.4 is 10.6 Å². The first kappa shape index (κ1) is 25.8. The van der Waals surface area contributed by atoms with E-state index in [-0.39, 0.29) is 29.9 Å². The van der Waals surface area contributed by atoms with Gasteiger partial charge in [-0.1, -0.05) is 19.3 Å². The summed E-state index contributed by atoms with van der Waals surface area (Å²) in [6.07, 6.45) is 8.33. The molecule has 2 heterocycles. The summed E-state index contributed by atoms with van der Waals surface area (Å²) in [5.41, 5.74) is 0. The Morgan fingerprint density at radius 2 is 1.68 bits per heavy atom. The van der Waals surface area contributed by atoms with Crippen molar-refractivity contribution in [3.63, 3.8) is 0 Å². The lowest BCUT2D eigenvalue weighted by Gasteiger charge is -2.34. The lowest BCUT2D eigenvalue weighted by atomic mass is 9.95. The van der Waals surface area contributed by atoms with Crippen molar-refractivity contribution in [1.82, 2.24) is 35.2 Å². The number of nitrogens with one attached hydrogen (secondary N) is 2. The molecule has 0 atom stereocenters. The fourth-order valence-electron chi connectivity index (χ4n) is 4.07. The highest BCUT2D eigenvalue weighted by atomic mass is 127. The molecule has 2 fully saturated rings. The van der Waals surface area contributed by atoms with Gasteiger partial charge in [0.15, 0.2) is 11.8 Å². The predicted octanol–water partition coefficient (Wildman–Crippen LogP) is 1.66. The average molecular weight is 547 g/mol. The van der Waals surface area contributed by atoms with Gasteiger partial charge in [-0.05, 0) is 32.6 Å². The fourth-order valence-corrected chi connectivity index (χ4v) is 4.07. The summed E-state index contributed by atoms with van der Waals surface area (Å²) in [6, 6.07) is 0.857. The molecule has 2 N–H and O–H groups in total. The van der Waals surface area contributed by atoms with Crippen LogP contribution in [0.15, 0.2) is 4.99 Å². The SMILES string of the molecule is Cc1nnc(CN=C(NC2CCCCC2)NC2CCN(CC(=O)N(C)C)CC2)n1C.I. The van der Waals surface area contributed by atoms with E-state index < -0.39 is 0 Å². The van der Waals surface area contributed by atoms with Gasteiger partial charge < -0.3 is 20.1 Å². The highest BCUT2D eigenvalue weighted by Crippen LogP contribution is 2.17. The van der Waals surface area contributed by atoms with Crippen molar-refractivity contribution >= 4 is 35.8 Å². The lowest BCUT2D eigenvalue weighted by Crippen LogP contribution is -2.52. The van der Waals surface area contributed by atoms with Crippen molar-refractivity contribution < 1.29 is 4.79 Å². The molecular formula is C21H39IN8O. The number of hydrogen-bond acceptors (Lipinski definition) is 5. The van der Waals surface area contributed by atoms with Crippen LogP contribution in [-0.2, 0) is 18.4 Å². The van der Waals surface area contributed by atoms with Crippen LogP contribution in [0.4, 0.5) is 0 Å². The van der Waals surface area contributed by atoms with Gasteiger partial charge in [0.2, 0.25) is 5.91 Å². The molecule has 10 heteroatoms. The van der Waals surface area contributed by atoms with E-state index in [2.05, 4.69) is 25.7 Å². The zero-order valence-electron chi connectivity index (χ0n) is 19.4. The van der Waals surface area contributed by atoms with Crippen LogP contribution >= 0.6 is 24.0 Å². The van der Waals surface area contributed by atoms with Gasteiger partial charge in [0.1, 0.15) is 12.4 Å². The summed E-state index contributed by atoms with van der Waals surface area (Å²) in [5, 5.41) is 15.7. The fraction of sp³-hybridized carbons (Fsp3) is 0.810. The minimum absolute atomic E-state index is 0. The van der Waals surface area contributed by atoms with Gasteiger partial charge in [-0.3, -0.25) is 9.69 Å². The van der Waals surface area contributed by atoms with Crippen molar-refractivity contribution in [2.75, 3.05) is 33.7 Å². The number of aryl methyl sites for hydroxylation is 1. The maximum atomic E-state index is 12.0. The molecule has 2 aliphatic rings.